The molecule has 2 saturated heterocycles. The van der Waals surface area contributed by atoms with Gasteiger partial charge in [-0.1, -0.05) is 0 Å². The normalized spacial score (nSPS) is 20.4. The molecule has 1 amide bonds. The number of fused-ring (bicyclic) bond motifs is 1. The fourth-order valence-corrected chi connectivity index (χ4v) is 4.07. The Labute approximate surface area is 168 Å². The number of carbonyl (C=O) groups is 1. The van der Waals surface area contributed by atoms with Gasteiger partial charge in [0.1, 0.15) is 11.5 Å². The molecule has 2 atom stereocenters. The smallest absolute Gasteiger partial charge is 0.415 e. The summed E-state index contributed by atoms with van der Waals surface area (Å²) in [5.74, 6) is 2.00. The summed E-state index contributed by atoms with van der Waals surface area (Å²) in [6.45, 7) is 5.74. The van der Waals surface area contributed by atoms with E-state index in [-0.39, 0.29) is 5.69 Å². The number of ether oxygens (including phenoxy) is 2. The quantitative estimate of drug-likeness (QED) is 0.566. The number of likely N-dealkylation sites (tertiary alicyclic amines) is 1. The lowest BCUT2D eigenvalue weighted by molar-refractivity contribution is -0.384. The summed E-state index contributed by atoms with van der Waals surface area (Å²) in [5.41, 5.74) is 1.14. The van der Waals surface area contributed by atoms with Crippen molar-refractivity contribution in [3.63, 3.8) is 0 Å². The predicted octanol–water partition coefficient (Wildman–Crippen LogP) is 3.56. The van der Waals surface area contributed by atoms with Crippen LogP contribution >= 0.6 is 0 Å². The lowest BCUT2D eigenvalue weighted by Gasteiger charge is -2.23. The van der Waals surface area contributed by atoms with Crippen molar-refractivity contribution in [2.45, 2.75) is 6.92 Å². The Bertz CT molecular complexity index is 870. The second-order valence-corrected chi connectivity index (χ2v) is 7.38. The Morgan fingerprint density at radius 1 is 1.00 bits per heavy atom. The number of hydrogen-bond acceptors (Lipinski definition) is 6. The van der Waals surface area contributed by atoms with Gasteiger partial charge in [-0.05, 0) is 43.3 Å². The number of nitro groups is 1. The van der Waals surface area contributed by atoms with E-state index in [1.807, 2.05) is 19.1 Å². The van der Waals surface area contributed by atoms with E-state index in [9.17, 15) is 14.9 Å². The molecule has 0 aromatic heterocycles. The van der Waals surface area contributed by atoms with Gasteiger partial charge < -0.3 is 19.3 Å². The van der Waals surface area contributed by atoms with Crippen LogP contribution in [0.1, 0.15) is 6.92 Å². The molecule has 2 aliphatic heterocycles. The summed E-state index contributed by atoms with van der Waals surface area (Å²) in [5, 5.41) is 10.7. The lowest BCUT2D eigenvalue weighted by Crippen LogP contribution is -2.35. The van der Waals surface area contributed by atoms with Crippen molar-refractivity contribution in [3.8, 4) is 11.5 Å². The molecule has 8 heteroatoms. The Balaban J connectivity index is 1.31. The second kappa shape index (κ2) is 7.98. The number of carbonyl (C=O) groups excluding carboxylic acids is 1. The van der Waals surface area contributed by atoms with Crippen LogP contribution in [0, 0.1) is 22.0 Å². The molecule has 0 N–H and O–H groups in total. The molecular weight excluding hydrogens is 374 g/mol. The van der Waals surface area contributed by atoms with Crippen molar-refractivity contribution in [3.05, 3.63) is 58.6 Å². The average Bonchev–Trinajstić information content (AvgIpc) is 3.29. The van der Waals surface area contributed by atoms with Gasteiger partial charge in [0.2, 0.25) is 0 Å². The summed E-state index contributed by atoms with van der Waals surface area (Å²) in [4.78, 5) is 26.8. The van der Waals surface area contributed by atoms with E-state index in [4.69, 9.17) is 9.47 Å². The van der Waals surface area contributed by atoms with Crippen molar-refractivity contribution in [1.29, 1.82) is 0 Å². The van der Waals surface area contributed by atoms with Gasteiger partial charge in [0.25, 0.3) is 5.69 Å². The first-order valence-corrected chi connectivity index (χ1v) is 9.72. The summed E-state index contributed by atoms with van der Waals surface area (Å²) >= 11 is 0. The molecule has 152 valence electrons. The van der Waals surface area contributed by atoms with E-state index in [0.717, 1.165) is 18.8 Å². The first-order chi connectivity index (χ1) is 14.0. The van der Waals surface area contributed by atoms with Gasteiger partial charge >= 0.3 is 6.09 Å². The zero-order valence-electron chi connectivity index (χ0n) is 16.2. The molecule has 2 heterocycles. The number of benzene rings is 2. The zero-order valence-corrected chi connectivity index (χ0v) is 16.2. The molecule has 0 bridgehead atoms. The van der Waals surface area contributed by atoms with Crippen LogP contribution < -0.4 is 14.4 Å². The second-order valence-electron chi connectivity index (χ2n) is 7.38. The minimum atomic E-state index is -0.483. The van der Waals surface area contributed by atoms with E-state index in [1.54, 1.807) is 4.90 Å². The standard InChI is InChI=1S/C21H23N3O5/c1-2-28-19-7-3-17(4-8-19)22-11-15-13-23(14-16(15)12-22)21(25)29-20-9-5-18(6-10-20)24(26)27/h3-10,15-16H,2,11-14H2,1H3/t15-,16+. The van der Waals surface area contributed by atoms with Crippen molar-refractivity contribution in [1.82, 2.24) is 4.90 Å². The van der Waals surface area contributed by atoms with E-state index in [1.165, 1.54) is 30.0 Å². The average molecular weight is 397 g/mol. The van der Waals surface area contributed by atoms with Crippen LogP contribution in [-0.4, -0.2) is 48.7 Å². The van der Waals surface area contributed by atoms with Crippen LogP contribution in [0.4, 0.5) is 16.2 Å². The molecule has 2 aliphatic rings. The molecule has 2 aromatic rings. The highest BCUT2D eigenvalue weighted by molar-refractivity contribution is 5.71. The maximum absolute atomic E-state index is 12.5. The largest absolute Gasteiger partial charge is 0.494 e. The molecule has 0 spiro atoms. The SMILES string of the molecule is CCOc1ccc(N2C[C@H]3CN(C(=O)Oc4ccc([N+](=O)[O-])cc4)C[C@H]3C2)cc1. The van der Waals surface area contributed by atoms with Crippen LogP contribution in [0.3, 0.4) is 0 Å². The highest BCUT2D eigenvalue weighted by Crippen LogP contribution is 2.35. The van der Waals surface area contributed by atoms with Gasteiger partial charge in [-0.25, -0.2) is 4.79 Å². The zero-order chi connectivity index (χ0) is 20.4. The van der Waals surface area contributed by atoms with Crippen LogP contribution in [0.5, 0.6) is 11.5 Å². The molecule has 0 radical (unpaired) electrons. The highest BCUT2D eigenvalue weighted by Gasteiger charge is 2.42. The van der Waals surface area contributed by atoms with Crippen LogP contribution in [0.2, 0.25) is 0 Å². The first-order valence-electron chi connectivity index (χ1n) is 9.72. The van der Waals surface area contributed by atoms with Gasteiger partial charge in [-0.2, -0.15) is 0 Å². The molecular formula is C21H23N3O5. The number of hydrogen-bond donors (Lipinski definition) is 0. The van der Waals surface area contributed by atoms with Gasteiger partial charge in [-0.3, -0.25) is 10.1 Å². The van der Waals surface area contributed by atoms with Gasteiger partial charge in [0.05, 0.1) is 11.5 Å². The minimum absolute atomic E-state index is 0.0325. The number of non-ortho nitro benzene ring substituents is 1. The number of amides is 1. The van der Waals surface area contributed by atoms with E-state index >= 15 is 0 Å². The minimum Gasteiger partial charge on any atom is -0.494 e. The fourth-order valence-electron chi connectivity index (χ4n) is 4.07. The van der Waals surface area contributed by atoms with Gasteiger partial charge in [-0.15, -0.1) is 0 Å². The molecule has 0 aliphatic carbocycles. The van der Waals surface area contributed by atoms with E-state index < -0.39 is 11.0 Å². The van der Waals surface area contributed by atoms with Crippen molar-refractivity contribution >= 4 is 17.5 Å². The predicted molar refractivity (Wildman–Crippen MR) is 107 cm³/mol. The third-order valence-corrected chi connectivity index (χ3v) is 5.51. The number of anilines is 1. The molecule has 2 aromatic carbocycles. The molecule has 8 nitrogen and oxygen atoms in total. The Hall–Kier alpha value is -3.29. The Kier molecular flexibility index (Phi) is 5.24. The summed E-state index contributed by atoms with van der Waals surface area (Å²) < 4.78 is 10.9. The molecule has 29 heavy (non-hydrogen) atoms. The third-order valence-electron chi connectivity index (χ3n) is 5.51. The summed E-state index contributed by atoms with van der Waals surface area (Å²) in [6.07, 6.45) is -0.402. The molecule has 2 fully saturated rings. The lowest BCUT2D eigenvalue weighted by atomic mass is 10.0. The van der Waals surface area contributed by atoms with Crippen molar-refractivity contribution in [2.75, 3.05) is 37.7 Å². The Morgan fingerprint density at radius 3 is 2.14 bits per heavy atom. The maximum Gasteiger partial charge on any atom is 0.415 e. The maximum atomic E-state index is 12.5. The topological polar surface area (TPSA) is 85.2 Å². The third kappa shape index (κ3) is 4.11. The number of nitro benzene ring substituents is 1. The molecule has 4 rings (SSSR count). The van der Waals surface area contributed by atoms with Crippen LogP contribution in [-0.2, 0) is 0 Å². The van der Waals surface area contributed by atoms with Crippen LogP contribution in [0.25, 0.3) is 0 Å². The van der Waals surface area contributed by atoms with Gasteiger partial charge in [0, 0.05) is 55.8 Å². The summed E-state index contributed by atoms with van der Waals surface area (Å²) in [6, 6.07) is 13.7. The summed E-state index contributed by atoms with van der Waals surface area (Å²) in [7, 11) is 0. The monoisotopic (exact) mass is 397 g/mol. The van der Waals surface area contributed by atoms with E-state index in [0.29, 0.717) is 37.3 Å². The fraction of sp³-hybridized carbons (Fsp3) is 0.381. The van der Waals surface area contributed by atoms with Crippen molar-refractivity contribution in [2.24, 2.45) is 11.8 Å². The number of nitrogens with zero attached hydrogens (tertiary/aromatic N) is 3. The molecule has 0 unspecified atom stereocenters. The van der Waals surface area contributed by atoms with Crippen LogP contribution in [0.15, 0.2) is 48.5 Å². The van der Waals surface area contributed by atoms with E-state index in [2.05, 4.69) is 17.0 Å². The Morgan fingerprint density at radius 2 is 1.59 bits per heavy atom. The highest BCUT2D eigenvalue weighted by atomic mass is 16.6. The number of rotatable bonds is 5. The van der Waals surface area contributed by atoms with Gasteiger partial charge in [0.15, 0.2) is 0 Å². The first kappa shape index (κ1) is 19.0. The van der Waals surface area contributed by atoms with Crippen molar-refractivity contribution < 1.29 is 19.2 Å². The molecule has 0 saturated carbocycles.